The molecular weight excluding hydrogens is 292 g/mol. The van der Waals surface area contributed by atoms with Crippen LogP contribution < -0.4 is 0 Å². The van der Waals surface area contributed by atoms with Crippen molar-refractivity contribution in [3.8, 4) is 0 Å². The lowest BCUT2D eigenvalue weighted by Crippen LogP contribution is -2.49. The Morgan fingerprint density at radius 2 is 1.81 bits per heavy atom. The van der Waals surface area contributed by atoms with Gasteiger partial charge in [0, 0.05) is 19.6 Å². The predicted octanol–water partition coefficient (Wildman–Crippen LogP) is 1.77. The van der Waals surface area contributed by atoms with Crippen molar-refractivity contribution >= 4 is 16.2 Å². The average Bonchev–Trinajstić information content (AvgIpc) is 2.47. The summed E-state index contributed by atoms with van der Waals surface area (Å²) in [6.45, 7) is 4.00. The lowest BCUT2D eigenvalue weighted by Gasteiger charge is -2.34. The Labute approximate surface area is 128 Å². The molecular formula is C14H28N2O4S. The predicted molar refractivity (Wildman–Crippen MR) is 82.1 cm³/mol. The molecule has 0 heterocycles. The Kier molecular flexibility index (Phi) is 7.62. The van der Waals surface area contributed by atoms with E-state index in [1.807, 2.05) is 6.92 Å². The maximum absolute atomic E-state index is 12.7. The number of nitrogens with zero attached hydrogens (tertiary/aromatic N) is 2. The largest absolute Gasteiger partial charge is 0.465 e. The van der Waals surface area contributed by atoms with Crippen LogP contribution in [-0.2, 0) is 19.7 Å². The van der Waals surface area contributed by atoms with E-state index < -0.39 is 16.2 Å². The van der Waals surface area contributed by atoms with Crippen LogP contribution in [0.25, 0.3) is 0 Å². The van der Waals surface area contributed by atoms with E-state index in [1.165, 1.54) is 15.0 Å². The zero-order valence-electron chi connectivity index (χ0n) is 13.4. The van der Waals surface area contributed by atoms with Crippen molar-refractivity contribution in [3.05, 3.63) is 0 Å². The highest BCUT2D eigenvalue weighted by atomic mass is 32.2. The fourth-order valence-electron chi connectivity index (χ4n) is 2.69. The number of hydrogen-bond donors (Lipinski definition) is 0. The normalized spacial score (nSPS) is 17.4. The van der Waals surface area contributed by atoms with Gasteiger partial charge in [0.05, 0.1) is 6.61 Å². The highest BCUT2D eigenvalue weighted by molar-refractivity contribution is 7.86. The van der Waals surface area contributed by atoms with Gasteiger partial charge in [0.25, 0.3) is 10.2 Å². The molecule has 1 rings (SSSR count). The molecule has 7 heteroatoms. The SMILES string of the molecule is CCCN(CC(=O)OCC)S(=O)(=O)N(C)C1CCCCC1. The van der Waals surface area contributed by atoms with Gasteiger partial charge in [-0.15, -0.1) is 0 Å². The molecule has 0 aliphatic heterocycles. The molecule has 1 saturated carbocycles. The standard InChI is InChI=1S/C14H28N2O4S/c1-4-11-16(12-14(17)20-5-2)21(18,19)15(3)13-9-7-6-8-10-13/h13H,4-12H2,1-3H3. The summed E-state index contributed by atoms with van der Waals surface area (Å²) in [5, 5.41) is 0. The summed E-state index contributed by atoms with van der Waals surface area (Å²) < 4.78 is 33.0. The van der Waals surface area contributed by atoms with Gasteiger partial charge in [-0.3, -0.25) is 4.79 Å². The molecule has 0 unspecified atom stereocenters. The molecule has 1 aliphatic carbocycles. The van der Waals surface area contributed by atoms with Gasteiger partial charge in [-0.25, -0.2) is 0 Å². The molecule has 0 N–H and O–H groups in total. The van der Waals surface area contributed by atoms with Crippen molar-refractivity contribution in [2.24, 2.45) is 0 Å². The van der Waals surface area contributed by atoms with E-state index in [0.29, 0.717) is 13.0 Å². The van der Waals surface area contributed by atoms with E-state index in [4.69, 9.17) is 4.74 Å². The molecule has 0 radical (unpaired) electrons. The van der Waals surface area contributed by atoms with Crippen molar-refractivity contribution in [1.82, 2.24) is 8.61 Å². The first kappa shape index (κ1) is 18.4. The number of carbonyl (C=O) groups is 1. The molecule has 0 bridgehead atoms. The fraction of sp³-hybridized carbons (Fsp3) is 0.929. The van der Waals surface area contributed by atoms with E-state index in [2.05, 4.69) is 0 Å². The van der Waals surface area contributed by atoms with Crippen molar-refractivity contribution in [2.75, 3.05) is 26.7 Å². The van der Waals surface area contributed by atoms with Gasteiger partial charge >= 0.3 is 5.97 Å². The summed E-state index contributed by atoms with van der Waals surface area (Å²) >= 11 is 0. The lowest BCUT2D eigenvalue weighted by atomic mass is 9.96. The van der Waals surface area contributed by atoms with Crippen molar-refractivity contribution < 1.29 is 17.9 Å². The van der Waals surface area contributed by atoms with Crippen LogP contribution in [0.5, 0.6) is 0 Å². The molecule has 0 amide bonds. The maximum atomic E-state index is 12.7. The van der Waals surface area contributed by atoms with Crippen molar-refractivity contribution in [3.63, 3.8) is 0 Å². The third-order valence-corrected chi connectivity index (χ3v) is 5.85. The second-order valence-corrected chi connectivity index (χ2v) is 7.44. The summed E-state index contributed by atoms with van der Waals surface area (Å²) in [7, 11) is -1.99. The Balaban J connectivity index is 2.79. The van der Waals surface area contributed by atoms with Crippen LogP contribution in [0.4, 0.5) is 0 Å². The van der Waals surface area contributed by atoms with E-state index in [9.17, 15) is 13.2 Å². The maximum Gasteiger partial charge on any atom is 0.321 e. The Morgan fingerprint density at radius 1 is 1.19 bits per heavy atom. The molecule has 6 nitrogen and oxygen atoms in total. The number of carbonyl (C=O) groups excluding carboxylic acids is 1. The highest BCUT2D eigenvalue weighted by Crippen LogP contribution is 2.24. The number of esters is 1. The average molecular weight is 320 g/mol. The van der Waals surface area contributed by atoms with Crippen molar-refractivity contribution in [2.45, 2.75) is 58.4 Å². The minimum Gasteiger partial charge on any atom is -0.465 e. The number of ether oxygens (including phenoxy) is 1. The van der Waals surface area contributed by atoms with Crippen LogP contribution in [-0.4, -0.2) is 55.8 Å². The molecule has 124 valence electrons. The van der Waals surface area contributed by atoms with Crippen LogP contribution in [0.2, 0.25) is 0 Å². The first-order chi connectivity index (χ1) is 9.93. The molecule has 21 heavy (non-hydrogen) atoms. The molecule has 0 aromatic carbocycles. The second-order valence-electron chi connectivity index (χ2n) is 5.45. The van der Waals surface area contributed by atoms with Crippen LogP contribution >= 0.6 is 0 Å². The topological polar surface area (TPSA) is 66.9 Å². The number of rotatable bonds is 8. The van der Waals surface area contributed by atoms with Gasteiger partial charge in [0.2, 0.25) is 0 Å². The molecule has 1 aliphatic rings. The van der Waals surface area contributed by atoms with E-state index >= 15 is 0 Å². The molecule has 0 spiro atoms. The van der Waals surface area contributed by atoms with E-state index in [1.54, 1.807) is 14.0 Å². The first-order valence-electron chi connectivity index (χ1n) is 7.82. The third kappa shape index (κ3) is 5.23. The van der Waals surface area contributed by atoms with Crippen LogP contribution in [0.3, 0.4) is 0 Å². The minimum atomic E-state index is -3.61. The first-order valence-corrected chi connectivity index (χ1v) is 9.21. The second kappa shape index (κ2) is 8.70. The van der Waals surface area contributed by atoms with Gasteiger partial charge < -0.3 is 4.74 Å². The minimum absolute atomic E-state index is 0.0466. The van der Waals surface area contributed by atoms with E-state index in [-0.39, 0.29) is 19.2 Å². The Morgan fingerprint density at radius 3 is 2.33 bits per heavy atom. The summed E-state index contributed by atoms with van der Waals surface area (Å²) in [6.07, 6.45) is 5.76. The van der Waals surface area contributed by atoms with Crippen molar-refractivity contribution in [1.29, 1.82) is 0 Å². The smallest absolute Gasteiger partial charge is 0.321 e. The summed E-state index contributed by atoms with van der Waals surface area (Å²) in [5.74, 6) is -0.494. The molecule has 0 aromatic rings. The van der Waals surface area contributed by atoms with E-state index in [0.717, 1.165) is 25.7 Å². The molecule has 0 atom stereocenters. The van der Waals surface area contributed by atoms with Gasteiger partial charge in [-0.1, -0.05) is 26.2 Å². The van der Waals surface area contributed by atoms with Gasteiger partial charge in [-0.2, -0.15) is 17.0 Å². The third-order valence-electron chi connectivity index (χ3n) is 3.86. The Hall–Kier alpha value is -0.660. The number of hydrogen-bond acceptors (Lipinski definition) is 4. The van der Waals surface area contributed by atoms with Crippen LogP contribution in [0.1, 0.15) is 52.4 Å². The van der Waals surface area contributed by atoms with Gasteiger partial charge in [0.1, 0.15) is 6.54 Å². The molecule has 0 saturated heterocycles. The van der Waals surface area contributed by atoms with Crippen LogP contribution in [0.15, 0.2) is 0 Å². The summed E-state index contributed by atoms with van der Waals surface area (Å²) in [6, 6.07) is 0.0466. The van der Waals surface area contributed by atoms with Crippen LogP contribution in [0, 0.1) is 0 Å². The molecule has 1 fully saturated rings. The summed E-state index contributed by atoms with van der Waals surface area (Å²) in [5.41, 5.74) is 0. The quantitative estimate of drug-likeness (QED) is 0.639. The monoisotopic (exact) mass is 320 g/mol. The van der Waals surface area contributed by atoms with Gasteiger partial charge in [0.15, 0.2) is 0 Å². The lowest BCUT2D eigenvalue weighted by molar-refractivity contribution is -0.143. The van der Waals surface area contributed by atoms with Gasteiger partial charge in [-0.05, 0) is 26.2 Å². The summed E-state index contributed by atoms with van der Waals surface area (Å²) in [4.78, 5) is 11.6. The highest BCUT2D eigenvalue weighted by Gasteiger charge is 2.33. The zero-order valence-corrected chi connectivity index (χ0v) is 14.2. The zero-order chi connectivity index (χ0) is 15.9. The molecule has 0 aromatic heterocycles. The fourth-order valence-corrected chi connectivity index (χ4v) is 4.32. The Bertz CT molecular complexity index is 419.